The molecule has 0 saturated carbocycles. The van der Waals surface area contributed by atoms with Gasteiger partial charge in [-0.1, -0.05) is 30.3 Å². The predicted octanol–water partition coefficient (Wildman–Crippen LogP) is 2.72. The van der Waals surface area contributed by atoms with Crippen molar-refractivity contribution in [1.29, 1.82) is 0 Å². The van der Waals surface area contributed by atoms with Crippen molar-refractivity contribution in [3.63, 3.8) is 0 Å². The summed E-state index contributed by atoms with van der Waals surface area (Å²) in [4.78, 5) is 17.8. The lowest BCUT2D eigenvalue weighted by Gasteiger charge is -2.02. The van der Waals surface area contributed by atoms with Crippen molar-refractivity contribution in [3.8, 4) is 11.1 Å². The molecule has 0 spiro atoms. The molecule has 0 bridgehead atoms. The maximum absolute atomic E-state index is 10.2. The number of aromatic nitrogens is 1. The van der Waals surface area contributed by atoms with E-state index >= 15 is 0 Å². The number of nitrogens with zero attached hydrogens (tertiary/aromatic N) is 2. The Hall–Kier alpha value is -2.25. The van der Waals surface area contributed by atoms with Crippen molar-refractivity contribution in [2.75, 3.05) is 0 Å². The first-order valence-electron chi connectivity index (χ1n) is 4.50. The Balaban J connectivity index is 2.58. The van der Waals surface area contributed by atoms with Crippen LogP contribution in [0.1, 0.15) is 0 Å². The predicted molar refractivity (Wildman–Crippen MR) is 57.5 cm³/mol. The van der Waals surface area contributed by atoms with E-state index in [1.165, 1.54) is 6.08 Å². The van der Waals surface area contributed by atoms with E-state index in [1.54, 1.807) is 6.20 Å². The van der Waals surface area contributed by atoms with E-state index in [4.69, 9.17) is 0 Å². The smallest absolute Gasteiger partial charge is 0.236 e. The number of isocyanates is 1. The minimum Gasteiger partial charge on any atom is -0.236 e. The second-order valence-electron chi connectivity index (χ2n) is 2.94. The summed E-state index contributed by atoms with van der Waals surface area (Å²) >= 11 is 0. The molecule has 3 nitrogen and oxygen atoms in total. The van der Waals surface area contributed by atoms with Gasteiger partial charge in [0.05, 0.1) is 0 Å². The quantitative estimate of drug-likeness (QED) is 0.547. The van der Waals surface area contributed by atoms with Gasteiger partial charge in [-0.05, 0) is 17.7 Å². The molecule has 0 atom stereocenters. The van der Waals surface area contributed by atoms with Crippen LogP contribution in [0.25, 0.3) is 11.1 Å². The van der Waals surface area contributed by atoms with Crippen molar-refractivity contribution in [2.45, 2.75) is 0 Å². The molecule has 0 amide bonds. The number of hydrogen-bond donors (Lipinski definition) is 0. The molecule has 1 aromatic carbocycles. The highest BCUT2D eigenvalue weighted by atomic mass is 16.1. The molecule has 0 saturated heterocycles. The summed E-state index contributed by atoms with van der Waals surface area (Å²) in [5.74, 6) is 0.402. The number of hydrogen-bond acceptors (Lipinski definition) is 3. The topological polar surface area (TPSA) is 42.3 Å². The summed E-state index contributed by atoms with van der Waals surface area (Å²) in [5, 5.41) is 0. The molecule has 0 aliphatic rings. The van der Waals surface area contributed by atoms with E-state index in [0.29, 0.717) is 5.82 Å². The fraction of sp³-hybridized carbons (Fsp3) is 0. The van der Waals surface area contributed by atoms with Gasteiger partial charge < -0.3 is 0 Å². The zero-order valence-corrected chi connectivity index (χ0v) is 7.92. The molecule has 0 aliphatic heterocycles. The van der Waals surface area contributed by atoms with Gasteiger partial charge in [0.1, 0.15) is 0 Å². The van der Waals surface area contributed by atoms with Crippen LogP contribution in [-0.4, -0.2) is 11.1 Å². The molecule has 3 heteroatoms. The summed E-state index contributed by atoms with van der Waals surface area (Å²) in [7, 11) is 0. The Morgan fingerprint density at radius 3 is 2.60 bits per heavy atom. The Kier molecular flexibility index (Phi) is 2.68. The summed E-state index contributed by atoms with van der Waals surface area (Å²) in [6, 6.07) is 13.4. The molecule has 1 heterocycles. The van der Waals surface area contributed by atoms with E-state index in [0.717, 1.165) is 11.1 Å². The molecule has 2 rings (SSSR count). The highest BCUT2D eigenvalue weighted by Gasteiger charge is 2.03. The molecule has 1 aromatic heterocycles. The second kappa shape index (κ2) is 4.31. The van der Waals surface area contributed by atoms with E-state index in [9.17, 15) is 4.79 Å². The summed E-state index contributed by atoms with van der Waals surface area (Å²) in [5.41, 5.74) is 1.82. The van der Waals surface area contributed by atoms with Gasteiger partial charge in [0.25, 0.3) is 0 Å². The number of rotatable bonds is 2. The van der Waals surface area contributed by atoms with Crippen LogP contribution >= 0.6 is 0 Å². The maximum Gasteiger partial charge on any atom is 0.242 e. The van der Waals surface area contributed by atoms with Crippen molar-refractivity contribution in [2.24, 2.45) is 4.99 Å². The van der Waals surface area contributed by atoms with Crippen molar-refractivity contribution in [1.82, 2.24) is 4.98 Å². The third-order valence-electron chi connectivity index (χ3n) is 2.02. The Bertz CT molecular complexity index is 502. The largest absolute Gasteiger partial charge is 0.242 e. The Morgan fingerprint density at radius 1 is 1.07 bits per heavy atom. The Morgan fingerprint density at radius 2 is 1.87 bits per heavy atom. The number of pyridine rings is 1. The Labute approximate surface area is 87.1 Å². The highest BCUT2D eigenvalue weighted by Crippen LogP contribution is 2.26. The summed E-state index contributed by atoms with van der Waals surface area (Å²) < 4.78 is 0. The van der Waals surface area contributed by atoms with Crippen molar-refractivity contribution >= 4 is 11.9 Å². The van der Waals surface area contributed by atoms with Gasteiger partial charge in [-0.25, -0.2) is 9.78 Å². The normalized spacial score (nSPS) is 9.33. The van der Waals surface area contributed by atoms with Gasteiger partial charge in [-0.2, -0.15) is 0 Å². The fourth-order valence-electron chi connectivity index (χ4n) is 1.37. The van der Waals surface area contributed by atoms with Gasteiger partial charge in [-0.15, -0.1) is 4.99 Å². The van der Waals surface area contributed by atoms with E-state index in [1.807, 2.05) is 42.5 Å². The average Bonchev–Trinajstić information content (AvgIpc) is 2.31. The van der Waals surface area contributed by atoms with Crippen LogP contribution in [0.2, 0.25) is 0 Å². The molecular weight excluding hydrogens is 188 g/mol. The monoisotopic (exact) mass is 196 g/mol. The second-order valence-corrected chi connectivity index (χ2v) is 2.94. The molecule has 72 valence electrons. The van der Waals surface area contributed by atoms with Gasteiger partial charge >= 0.3 is 0 Å². The molecule has 2 aromatic rings. The zero-order valence-electron chi connectivity index (χ0n) is 7.92. The lowest BCUT2D eigenvalue weighted by molar-refractivity contribution is 0.565. The third-order valence-corrected chi connectivity index (χ3v) is 2.02. The third kappa shape index (κ3) is 1.98. The summed E-state index contributed by atoms with van der Waals surface area (Å²) in [6.07, 6.45) is 3.11. The molecule has 0 unspecified atom stereocenters. The highest BCUT2D eigenvalue weighted by molar-refractivity contribution is 5.74. The van der Waals surface area contributed by atoms with E-state index < -0.39 is 0 Å². The molecule has 0 N–H and O–H groups in total. The molecule has 15 heavy (non-hydrogen) atoms. The van der Waals surface area contributed by atoms with Crippen LogP contribution in [0.4, 0.5) is 5.82 Å². The van der Waals surface area contributed by atoms with Crippen molar-refractivity contribution in [3.05, 3.63) is 48.7 Å². The molecule has 0 aliphatic carbocycles. The molecular formula is C12H8N2O. The average molecular weight is 196 g/mol. The van der Waals surface area contributed by atoms with Crippen LogP contribution in [0.5, 0.6) is 0 Å². The lowest BCUT2D eigenvalue weighted by Crippen LogP contribution is -1.81. The first kappa shape index (κ1) is 9.31. The lowest BCUT2D eigenvalue weighted by atomic mass is 10.1. The fourth-order valence-corrected chi connectivity index (χ4v) is 1.37. The van der Waals surface area contributed by atoms with Crippen molar-refractivity contribution < 1.29 is 4.79 Å². The first-order valence-corrected chi connectivity index (χ1v) is 4.50. The van der Waals surface area contributed by atoms with Crippen LogP contribution in [0.3, 0.4) is 0 Å². The number of carbonyl (C=O) groups excluding carboxylic acids is 1. The maximum atomic E-state index is 10.2. The van der Waals surface area contributed by atoms with Gasteiger partial charge in [0, 0.05) is 11.8 Å². The standard InChI is InChI=1S/C12H8N2O/c15-9-14-12-11(7-4-8-13-12)10-5-2-1-3-6-10/h1-8H. The molecule has 0 fully saturated rings. The van der Waals surface area contributed by atoms with Crippen LogP contribution in [0.15, 0.2) is 53.7 Å². The minimum atomic E-state index is 0.402. The number of aliphatic imine (C=N–C) groups is 1. The number of benzene rings is 1. The van der Waals surface area contributed by atoms with Gasteiger partial charge in [0.2, 0.25) is 6.08 Å². The molecule has 0 radical (unpaired) electrons. The van der Waals surface area contributed by atoms with Crippen LogP contribution in [-0.2, 0) is 4.79 Å². The SMILES string of the molecule is O=C=Nc1ncccc1-c1ccccc1. The minimum absolute atomic E-state index is 0.402. The first-order chi connectivity index (χ1) is 7.42. The van der Waals surface area contributed by atoms with Gasteiger partial charge in [0.15, 0.2) is 5.82 Å². The zero-order chi connectivity index (χ0) is 10.5. The van der Waals surface area contributed by atoms with Crippen LogP contribution in [0, 0.1) is 0 Å². The van der Waals surface area contributed by atoms with Crippen LogP contribution < -0.4 is 0 Å². The van der Waals surface area contributed by atoms with E-state index in [2.05, 4.69) is 9.98 Å². The van der Waals surface area contributed by atoms with E-state index in [-0.39, 0.29) is 0 Å². The summed E-state index contributed by atoms with van der Waals surface area (Å²) in [6.45, 7) is 0. The van der Waals surface area contributed by atoms with Gasteiger partial charge in [-0.3, -0.25) is 0 Å².